The van der Waals surface area contributed by atoms with Gasteiger partial charge in [-0.1, -0.05) is 29.8 Å². The van der Waals surface area contributed by atoms with Crippen LogP contribution >= 0.6 is 11.6 Å². The monoisotopic (exact) mass is 507 g/mol. The van der Waals surface area contributed by atoms with E-state index in [0.717, 1.165) is 34.5 Å². The average molecular weight is 508 g/mol. The van der Waals surface area contributed by atoms with Crippen LogP contribution in [0.3, 0.4) is 0 Å². The van der Waals surface area contributed by atoms with Gasteiger partial charge in [0.15, 0.2) is 0 Å². The fourth-order valence-corrected chi connectivity index (χ4v) is 4.77. The van der Waals surface area contributed by atoms with Gasteiger partial charge in [-0.05, 0) is 78.6 Å². The first-order valence-electron chi connectivity index (χ1n) is 11.9. The first kappa shape index (κ1) is 25.7. The summed E-state index contributed by atoms with van der Waals surface area (Å²) >= 11 is 6.05. The van der Waals surface area contributed by atoms with Gasteiger partial charge in [0, 0.05) is 34.9 Å². The molecule has 0 saturated heterocycles. The minimum Gasteiger partial charge on any atom is -0.394 e. The number of aliphatic hydroxyl groups excluding tert-OH is 2. The van der Waals surface area contributed by atoms with Crippen LogP contribution in [0.25, 0.3) is 11.1 Å². The summed E-state index contributed by atoms with van der Waals surface area (Å²) < 4.78 is 0. The molecule has 0 aliphatic carbocycles. The molecular weight excluding hydrogens is 478 g/mol. The first-order valence-corrected chi connectivity index (χ1v) is 12.3. The number of hydrogen-bond donors (Lipinski definition) is 4. The van der Waals surface area contributed by atoms with Crippen molar-refractivity contribution < 1.29 is 19.8 Å². The van der Waals surface area contributed by atoms with E-state index in [9.17, 15) is 19.8 Å². The molecule has 0 saturated carbocycles. The Hall–Kier alpha value is -3.39. The molecule has 0 radical (unpaired) electrons. The molecule has 4 N–H and O–H groups in total. The first-order chi connectivity index (χ1) is 17.3. The van der Waals surface area contributed by atoms with Crippen molar-refractivity contribution in [2.45, 2.75) is 38.4 Å². The third kappa shape index (κ3) is 5.54. The van der Waals surface area contributed by atoms with Crippen LogP contribution in [0.2, 0.25) is 5.02 Å². The Bertz CT molecular complexity index is 1230. The molecule has 2 amide bonds. The van der Waals surface area contributed by atoms with Crippen LogP contribution in [0.15, 0.2) is 66.7 Å². The number of hydrogen-bond acceptors (Lipinski definition) is 5. The molecule has 3 aromatic rings. The van der Waals surface area contributed by atoms with E-state index < -0.39 is 6.04 Å². The summed E-state index contributed by atoms with van der Waals surface area (Å²) in [4.78, 5) is 26.7. The van der Waals surface area contributed by atoms with Crippen molar-refractivity contribution in [2.75, 3.05) is 23.4 Å². The molecule has 1 heterocycles. The van der Waals surface area contributed by atoms with Gasteiger partial charge in [0.2, 0.25) is 5.91 Å². The predicted molar refractivity (Wildman–Crippen MR) is 142 cm³/mol. The van der Waals surface area contributed by atoms with Crippen molar-refractivity contribution >= 4 is 34.8 Å². The second-order valence-corrected chi connectivity index (χ2v) is 9.50. The van der Waals surface area contributed by atoms with Crippen molar-refractivity contribution in [1.29, 1.82) is 0 Å². The highest BCUT2D eigenvalue weighted by Crippen LogP contribution is 2.41. The number of benzene rings is 3. The summed E-state index contributed by atoms with van der Waals surface area (Å²) in [5.74, 6) is -0.362. The molecule has 3 aromatic carbocycles. The molecule has 1 aliphatic heterocycles. The molecule has 0 aromatic heterocycles. The number of halogens is 1. The SMILES string of the molecule is CC(=O)N1c2ccc(-c3ccc(C(=O)NC(CO)CO)cc3)cc2[C@H](Nc2ccc(Cl)cc2)C[C@@H]1C. The lowest BCUT2D eigenvalue weighted by Gasteiger charge is -2.39. The van der Waals surface area contributed by atoms with Crippen LogP contribution in [-0.2, 0) is 4.79 Å². The van der Waals surface area contributed by atoms with Gasteiger partial charge in [-0.3, -0.25) is 9.59 Å². The van der Waals surface area contributed by atoms with Gasteiger partial charge in [0.1, 0.15) is 0 Å². The van der Waals surface area contributed by atoms with Crippen molar-refractivity contribution in [3.8, 4) is 11.1 Å². The Kier molecular flexibility index (Phi) is 7.94. The fraction of sp³-hybridized carbons (Fsp3) is 0.286. The molecule has 0 fully saturated rings. The minimum absolute atomic E-state index is 0.000806. The highest BCUT2D eigenvalue weighted by atomic mass is 35.5. The summed E-state index contributed by atoms with van der Waals surface area (Å²) in [5, 5.41) is 25.3. The molecule has 1 aliphatic rings. The van der Waals surface area contributed by atoms with Gasteiger partial charge in [0.05, 0.1) is 25.3 Å². The number of carbonyl (C=O) groups is 2. The summed E-state index contributed by atoms with van der Waals surface area (Å²) in [6.07, 6.45) is 0.745. The highest BCUT2D eigenvalue weighted by Gasteiger charge is 2.32. The van der Waals surface area contributed by atoms with E-state index in [-0.39, 0.29) is 37.1 Å². The number of anilines is 2. The Labute approximate surface area is 215 Å². The van der Waals surface area contributed by atoms with Gasteiger partial charge < -0.3 is 25.7 Å². The maximum absolute atomic E-state index is 12.5. The van der Waals surface area contributed by atoms with Gasteiger partial charge in [0.25, 0.3) is 5.91 Å². The molecule has 4 rings (SSSR count). The van der Waals surface area contributed by atoms with E-state index >= 15 is 0 Å². The molecule has 8 heteroatoms. The summed E-state index contributed by atoms with van der Waals surface area (Å²) in [5.41, 5.74) is 5.17. The Morgan fingerprint density at radius 3 is 2.25 bits per heavy atom. The maximum Gasteiger partial charge on any atom is 0.251 e. The van der Waals surface area contributed by atoms with Gasteiger partial charge >= 0.3 is 0 Å². The third-order valence-corrected chi connectivity index (χ3v) is 6.71. The summed E-state index contributed by atoms with van der Waals surface area (Å²) in [7, 11) is 0. The van der Waals surface area contributed by atoms with Crippen LogP contribution in [0.5, 0.6) is 0 Å². The van der Waals surface area contributed by atoms with E-state index in [4.69, 9.17) is 11.6 Å². The largest absolute Gasteiger partial charge is 0.394 e. The molecule has 0 unspecified atom stereocenters. The Morgan fingerprint density at radius 2 is 1.64 bits per heavy atom. The summed E-state index contributed by atoms with van der Waals surface area (Å²) in [6, 6.07) is 20.1. The van der Waals surface area contributed by atoms with Crippen LogP contribution in [-0.4, -0.2) is 47.3 Å². The van der Waals surface area contributed by atoms with E-state index in [1.54, 1.807) is 19.1 Å². The quantitative estimate of drug-likeness (QED) is 0.380. The number of amides is 2. The van der Waals surface area contributed by atoms with E-state index in [2.05, 4.69) is 23.6 Å². The topological polar surface area (TPSA) is 102 Å². The third-order valence-electron chi connectivity index (χ3n) is 6.46. The van der Waals surface area contributed by atoms with Crippen molar-refractivity contribution in [2.24, 2.45) is 0 Å². The Morgan fingerprint density at radius 1 is 1.00 bits per heavy atom. The number of aliphatic hydroxyl groups is 2. The molecule has 36 heavy (non-hydrogen) atoms. The highest BCUT2D eigenvalue weighted by molar-refractivity contribution is 6.30. The number of fused-ring (bicyclic) bond motifs is 1. The molecule has 0 spiro atoms. The normalized spacial score (nSPS) is 17.0. The van der Waals surface area contributed by atoms with Crippen molar-refractivity contribution in [1.82, 2.24) is 5.32 Å². The number of carbonyl (C=O) groups excluding carboxylic acids is 2. The maximum atomic E-state index is 12.5. The molecular formula is C28H30ClN3O4. The Balaban J connectivity index is 1.65. The van der Waals surface area contributed by atoms with Crippen molar-refractivity contribution in [3.05, 3.63) is 82.9 Å². The fourth-order valence-electron chi connectivity index (χ4n) is 4.64. The molecule has 188 valence electrons. The van der Waals surface area contributed by atoms with E-state index in [1.807, 2.05) is 53.4 Å². The lowest BCUT2D eigenvalue weighted by molar-refractivity contribution is -0.117. The van der Waals surface area contributed by atoms with E-state index in [0.29, 0.717) is 10.6 Å². The second kappa shape index (κ2) is 11.1. The van der Waals surface area contributed by atoms with Crippen molar-refractivity contribution in [3.63, 3.8) is 0 Å². The van der Waals surface area contributed by atoms with Gasteiger partial charge in [-0.25, -0.2) is 0 Å². The van der Waals surface area contributed by atoms with E-state index in [1.165, 1.54) is 0 Å². The van der Waals surface area contributed by atoms with Gasteiger partial charge in [-0.2, -0.15) is 0 Å². The zero-order valence-corrected chi connectivity index (χ0v) is 21.0. The average Bonchev–Trinajstić information content (AvgIpc) is 2.88. The van der Waals surface area contributed by atoms with Gasteiger partial charge in [-0.15, -0.1) is 0 Å². The molecule has 7 nitrogen and oxygen atoms in total. The molecule has 0 bridgehead atoms. The zero-order valence-electron chi connectivity index (χ0n) is 20.2. The predicted octanol–water partition coefficient (Wildman–Crippen LogP) is 4.39. The zero-order chi connectivity index (χ0) is 25.8. The standard InChI is InChI=1S/C28H30ClN3O4/c1-17-13-26(30-23-10-8-22(29)9-11-23)25-14-21(7-12-27(25)32(17)18(2)35)19-3-5-20(6-4-19)28(36)31-24(15-33)16-34/h3-12,14,17,24,26,30,33-34H,13,15-16H2,1-2H3,(H,31,36)/t17-,26+/m0/s1. The van der Waals surface area contributed by atoms with Crippen LogP contribution in [0.4, 0.5) is 11.4 Å². The number of rotatable bonds is 7. The molecule has 2 atom stereocenters. The van der Waals surface area contributed by atoms with Crippen LogP contribution in [0.1, 0.15) is 42.2 Å². The lowest BCUT2D eigenvalue weighted by atomic mass is 9.88. The second-order valence-electron chi connectivity index (χ2n) is 9.06. The number of nitrogens with one attached hydrogen (secondary N) is 2. The number of nitrogens with zero attached hydrogens (tertiary/aromatic N) is 1. The lowest BCUT2D eigenvalue weighted by Crippen LogP contribution is -2.43. The van der Waals surface area contributed by atoms with Crippen LogP contribution in [0, 0.1) is 0 Å². The summed E-state index contributed by atoms with van der Waals surface area (Å²) in [6.45, 7) is 2.97. The van der Waals surface area contributed by atoms with Crippen LogP contribution < -0.4 is 15.5 Å². The minimum atomic E-state index is -0.700. The smallest absolute Gasteiger partial charge is 0.251 e.